The Bertz CT molecular complexity index is 154. The molecule has 0 radical (unpaired) electrons. The standard InChI is InChI=1S/C16H35N/c1-6-8-9-10-11-13-16(14-17(4)5)15(3)12-7-2/h15-16H,6-14H2,1-5H3. The van der Waals surface area contributed by atoms with Crippen molar-refractivity contribution in [1.82, 2.24) is 4.90 Å². The summed E-state index contributed by atoms with van der Waals surface area (Å²) in [4.78, 5) is 2.36. The van der Waals surface area contributed by atoms with Crippen molar-refractivity contribution in [2.24, 2.45) is 11.8 Å². The molecule has 0 amide bonds. The van der Waals surface area contributed by atoms with Gasteiger partial charge in [-0.05, 0) is 32.4 Å². The summed E-state index contributed by atoms with van der Waals surface area (Å²) >= 11 is 0. The smallest absolute Gasteiger partial charge is 0.000610 e. The third kappa shape index (κ3) is 9.64. The SMILES string of the molecule is CCCCCCCC(CN(C)C)C(C)CCC. The van der Waals surface area contributed by atoms with Gasteiger partial charge in [-0.15, -0.1) is 0 Å². The third-order valence-corrected chi connectivity index (χ3v) is 3.83. The van der Waals surface area contributed by atoms with E-state index in [0.717, 1.165) is 11.8 Å². The molecule has 0 spiro atoms. The van der Waals surface area contributed by atoms with E-state index in [1.165, 1.54) is 57.9 Å². The van der Waals surface area contributed by atoms with Crippen molar-refractivity contribution < 1.29 is 0 Å². The Hall–Kier alpha value is -0.0400. The summed E-state index contributed by atoms with van der Waals surface area (Å²) in [6.45, 7) is 8.32. The second-order valence-corrected chi connectivity index (χ2v) is 5.99. The molecule has 1 heteroatoms. The minimum atomic E-state index is 0.897. The van der Waals surface area contributed by atoms with E-state index in [0.29, 0.717) is 0 Å². The van der Waals surface area contributed by atoms with E-state index in [2.05, 4.69) is 39.8 Å². The highest BCUT2D eigenvalue weighted by Gasteiger charge is 2.16. The van der Waals surface area contributed by atoms with Crippen LogP contribution in [-0.2, 0) is 0 Å². The zero-order valence-electron chi connectivity index (χ0n) is 13.0. The van der Waals surface area contributed by atoms with Gasteiger partial charge in [0.15, 0.2) is 0 Å². The van der Waals surface area contributed by atoms with Crippen LogP contribution in [0, 0.1) is 11.8 Å². The first-order chi connectivity index (χ1) is 8.11. The highest BCUT2D eigenvalue weighted by molar-refractivity contribution is 4.69. The van der Waals surface area contributed by atoms with Crippen molar-refractivity contribution in [2.75, 3.05) is 20.6 Å². The molecule has 0 saturated heterocycles. The summed E-state index contributed by atoms with van der Waals surface area (Å²) in [5.41, 5.74) is 0. The average molecular weight is 241 g/mol. The second-order valence-electron chi connectivity index (χ2n) is 5.99. The van der Waals surface area contributed by atoms with Gasteiger partial charge in [-0.1, -0.05) is 65.7 Å². The molecule has 17 heavy (non-hydrogen) atoms. The first-order valence-corrected chi connectivity index (χ1v) is 7.76. The van der Waals surface area contributed by atoms with Gasteiger partial charge in [0, 0.05) is 6.54 Å². The fourth-order valence-electron chi connectivity index (χ4n) is 2.73. The van der Waals surface area contributed by atoms with Crippen LogP contribution in [0.5, 0.6) is 0 Å². The lowest BCUT2D eigenvalue weighted by Crippen LogP contribution is -2.26. The summed E-state index contributed by atoms with van der Waals surface area (Å²) < 4.78 is 0. The van der Waals surface area contributed by atoms with Gasteiger partial charge in [0.2, 0.25) is 0 Å². The Balaban J connectivity index is 3.84. The highest BCUT2D eigenvalue weighted by atomic mass is 15.1. The van der Waals surface area contributed by atoms with Crippen molar-refractivity contribution in [1.29, 1.82) is 0 Å². The molecule has 0 aromatic rings. The molecule has 0 fully saturated rings. The van der Waals surface area contributed by atoms with Gasteiger partial charge in [-0.2, -0.15) is 0 Å². The average Bonchev–Trinajstić information content (AvgIpc) is 2.27. The fourth-order valence-corrected chi connectivity index (χ4v) is 2.73. The minimum Gasteiger partial charge on any atom is -0.309 e. The van der Waals surface area contributed by atoms with Crippen LogP contribution < -0.4 is 0 Å². The zero-order chi connectivity index (χ0) is 13.1. The summed E-state index contributed by atoms with van der Waals surface area (Å²) in [5.74, 6) is 1.81. The van der Waals surface area contributed by atoms with Crippen LogP contribution in [0.3, 0.4) is 0 Å². The van der Waals surface area contributed by atoms with Gasteiger partial charge in [-0.25, -0.2) is 0 Å². The second kappa shape index (κ2) is 11.1. The Morgan fingerprint density at radius 1 is 0.824 bits per heavy atom. The first-order valence-electron chi connectivity index (χ1n) is 7.76. The van der Waals surface area contributed by atoms with E-state index in [4.69, 9.17) is 0 Å². The van der Waals surface area contributed by atoms with Gasteiger partial charge < -0.3 is 4.90 Å². The summed E-state index contributed by atoms with van der Waals surface area (Å²) in [6.07, 6.45) is 11.3. The predicted molar refractivity (Wildman–Crippen MR) is 79.5 cm³/mol. The molecule has 2 atom stereocenters. The van der Waals surface area contributed by atoms with Crippen LogP contribution in [-0.4, -0.2) is 25.5 Å². The largest absolute Gasteiger partial charge is 0.309 e. The van der Waals surface area contributed by atoms with Crippen molar-refractivity contribution in [2.45, 2.75) is 72.1 Å². The van der Waals surface area contributed by atoms with Crippen LogP contribution >= 0.6 is 0 Å². The predicted octanol–water partition coefficient (Wildman–Crippen LogP) is 4.96. The number of unbranched alkanes of at least 4 members (excludes halogenated alkanes) is 4. The third-order valence-electron chi connectivity index (χ3n) is 3.83. The Morgan fingerprint density at radius 2 is 1.47 bits per heavy atom. The first kappa shape index (κ1) is 17.0. The van der Waals surface area contributed by atoms with Crippen molar-refractivity contribution in [3.63, 3.8) is 0 Å². The van der Waals surface area contributed by atoms with Crippen molar-refractivity contribution in [3.05, 3.63) is 0 Å². The van der Waals surface area contributed by atoms with Gasteiger partial charge >= 0.3 is 0 Å². The Kier molecular flexibility index (Phi) is 11.0. The van der Waals surface area contributed by atoms with Crippen LogP contribution in [0.4, 0.5) is 0 Å². The fraction of sp³-hybridized carbons (Fsp3) is 1.00. The molecule has 0 aromatic heterocycles. The molecule has 1 nitrogen and oxygen atoms in total. The van der Waals surface area contributed by atoms with Crippen LogP contribution in [0.2, 0.25) is 0 Å². The number of nitrogens with zero attached hydrogens (tertiary/aromatic N) is 1. The number of hydrogen-bond acceptors (Lipinski definition) is 1. The molecule has 0 aliphatic heterocycles. The van der Waals surface area contributed by atoms with E-state index < -0.39 is 0 Å². The zero-order valence-corrected chi connectivity index (χ0v) is 13.0. The molecule has 0 heterocycles. The molecule has 0 N–H and O–H groups in total. The molecule has 0 bridgehead atoms. The van der Waals surface area contributed by atoms with E-state index >= 15 is 0 Å². The lowest BCUT2D eigenvalue weighted by atomic mass is 9.85. The molecule has 2 unspecified atom stereocenters. The minimum absolute atomic E-state index is 0.897. The lowest BCUT2D eigenvalue weighted by Gasteiger charge is -2.26. The molecule has 0 aromatic carbocycles. The maximum Gasteiger partial charge on any atom is 0.000610 e. The monoisotopic (exact) mass is 241 g/mol. The summed E-state index contributed by atoms with van der Waals surface area (Å²) in [5, 5.41) is 0. The van der Waals surface area contributed by atoms with Gasteiger partial charge in [0.25, 0.3) is 0 Å². The lowest BCUT2D eigenvalue weighted by molar-refractivity contribution is 0.229. The summed E-state index contributed by atoms with van der Waals surface area (Å²) in [6, 6.07) is 0. The van der Waals surface area contributed by atoms with Gasteiger partial charge in [-0.3, -0.25) is 0 Å². The van der Waals surface area contributed by atoms with Gasteiger partial charge in [0.05, 0.1) is 0 Å². The summed E-state index contributed by atoms with van der Waals surface area (Å²) in [7, 11) is 4.42. The maximum atomic E-state index is 2.45. The van der Waals surface area contributed by atoms with Crippen LogP contribution in [0.1, 0.15) is 72.1 Å². The topological polar surface area (TPSA) is 3.24 Å². The molecular weight excluding hydrogens is 206 g/mol. The molecule has 0 rings (SSSR count). The maximum absolute atomic E-state index is 2.45. The highest BCUT2D eigenvalue weighted by Crippen LogP contribution is 2.24. The molecule has 0 saturated carbocycles. The van der Waals surface area contributed by atoms with E-state index in [1.807, 2.05) is 0 Å². The molecule has 0 aliphatic carbocycles. The molecular formula is C16H35N. The van der Waals surface area contributed by atoms with Crippen molar-refractivity contribution in [3.8, 4) is 0 Å². The quantitative estimate of drug-likeness (QED) is 0.462. The normalized spacial score (nSPS) is 15.2. The van der Waals surface area contributed by atoms with E-state index in [-0.39, 0.29) is 0 Å². The Labute approximate surface area is 110 Å². The van der Waals surface area contributed by atoms with Gasteiger partial charge in [0.1, 0.15) is 0 Å². The molecule has 0 aliphatic rings. The van der Waals surface area contributed by atoms with Crippen molar-refractivity contribution >= 4 is 0 Å². The number of rotatable bonds is 11. The van der Waals surface area contributed by atoms with E-state index in [1.54, 1.807) is 0 Å². The van der Waals surface area contributed by atoms with E-state index in [9.17, 15) is 0 Å². The Morgan fingerprint density at radius 3 is 2.00 bits per heavy atom. The van der Waals surface area contributed by atoms with Crippen LogP contribution in [0.15, 0.2) is 0 Å². The number of hydrogen-bond donors (Lipinski definition) is 0. The molecule has 104 valence electrons. The van der Waals surface area contributed by atoms with Crippen LogP contribution in [0.25, 0.3) is 0 Å².